The van der Waals surface area contributed by atoms with E-state index in [1.807, 2.05) is 0 Å². The van der Waals surface area contributed by atoms with Crippen molar-refractivity contribution in [2.24, 2.45) is 5.73 Å². The predicted octanol–water partition coefficient (Wildman–Crippen LogP) is 0.401. The minimum absolute atomic E-state index is 0.0984. The Morgan fingerprint density at radius 3 is 2.80 bits per heavy atom. The molecule has 0 aliphatic rings. The standard InChI is InChI=1S/C9H10BrN3O2/c1-13(5-8(11)14)9(15)6-2-3-12-7(10)4-6/h2-4H,5H2,1H3,(H2,11,14). The molecule has 0 aliphatic carbocycles. The van der Waals surface area contributed by atoms with E-state index < -0.39 is 5.91 Å². The Kier molecular flexibility index (Phi) is 3.79. The number of rotatable bonds is 3. The summed E-state index contributed by atoms with van der Waals surface area (Å²) in [4.78, 5) is 27.5. The highest BCUT2D eigenvalue weighted by Gasteiger charge is 2.13. The Balaban J connectivity index is 2.80. The number of pyridine rings is 1. The van der Waals surface area contributed by atoms with Crippen LogP contribution >= 0.6 is 15.9 Å². The second-order valence-corrected chi connectivity index (χ2v) is 3.81. The van der Waals surface area contributed by atoms with Crippen molar-refractivity contribution in [3.05, 3.63) is 28.5 Å². The zero-order valence-electron chi connectivity index (χ0n) is 8.11. The van der Waals surface area contributed by atoms with Gasteiger partial charge in [0.15, 0.2) is 0 Å². The Morgan fingerprint density at radius 2 is 2.27 bits per heavy atom. The highest BCUT2D eigenvalue weighted by atomic mass is 79.9. The zero-order chi connectivity index (χ0) is 11.4. The molecule has 0 fully saturated rings. The lowest BCUT2D eigenvalue weighted by molar-refractivity contribution is -0.118. The van der Waals surface area contributed by atoms with Crippen LogP contribution < -0.4 is 5.73 Å². The summed E-state index contributed by atoms with van der Waals surface area (Å²) in [6.45, 7) is -0.0984. The molecule has 0 bridgehead atoms. The molecule has 1 heterocycles. The molecule has 15 heavy (non-hydrogen) atoms. The van der Waals surface area contributed by atoms with Gasteiger partial charge in [-0.1, -0.05) is 0 Å². The Morgan fingerprint density at radius 1 is 1.60 bits per heavy atom. The molecule has 1 rings (SSSR count). The maximum Gasteiger partial charge on any atom is 0.254 e. The first kappa shape index (κ1) is 11.6. The monoisotopic (exact) mass is 271 g/mol. The third kappa shape index (κ3) is 3.32. The molecule has 0 atom stereocenters. The number of carbonyl (C=O) groups is 2. The first-order valence-corrected chi connectivity index (χ1v) is 4.95. The van der Waals surface area contributed by atoms with Gasteiger partial charge in [-0.15, -0.1) is 0 Å². The van der Waals surface area contributed by atoms with Gasteiger partial charge >= 0.3 is 0 Å². The largest absolute Gasteiger partial charge is 0.368 e. The lowest BCUT2D eigenvalue weighted by atomic mass is 10.2. The molecule has 6 heteroatoms. The fraction of sp³-hybridized carbons (Fsp3) is 0.222. The van der Waals surface area contributed by atoms with Gasteiger partial charge in [0.05, 0.1) is 6.54 Å². The van der Waals surface area contributed by atoms with Gasteiger partial charge in [-0.3, -0.25) is 9.59 Å². The van der Waals surface area contributed by atoms with Crippen molar-refractivity contribution in [3.8, 4) is 0 Å². The smallest absolute Gasteiger partial charge is 0.254 e. The van der Waals surface area contributed by atoms with Crippen LogP contribution in [0.25, 0.3) is 0 Å². The topological polar surface area (TPSA) is 76.3 Å². The number of likely N-dealkylation sites (N-methyl/N-ethyl adjacent to an activating group) is 1. The minimum Gasteiger partial charge on any atom is -0.368 e. The Labute approximate surface area is 95.4 Å². The maximum atomic E-state index is 11.7. The fourth-order valence-corrected chi connectivity index (χ4v) is 1.43. The van der Waals surface area contributed by atoms with Crippen LogP contribution in [0.3, 0.4) is 0 Å². The lowest BCUT2D eigenvalue weighted by Crippen LogP contribution is -2.35. The quantitative estimate of drug-likeness (QED) is 0.809. The highest BCUT2D eigenvalue weighted by molar-refractivity contribution is 9.10. The van der Waals surface area contributed by atoms with Gasteiger partial charge in [0.2, 0.25) is 5.91 Å². The van der Waals surface area contributed by atoms with E-state index in [0.29, 0.717) is 10.2 Å². The zero-order valence-corrected chi connectivity index (χ0v) is 9.69. The molecule has 80 valence electrons. The van der Waals surface area contributed by atoms with Crippen molar-refractivity contribution in [1.82, 2.24) is 9.88 Å². The highest BCUT2D eigenvalue weighted by Crippen LogP contribution is 2.09. The van der Waals surface area contributed by atoms with E-state index in [2.05, 4.69) is 20.9 Å². The molecule has 2 amide bonds. The lowest BCUT2D eigenvalue weighted by Gasteiger charge is -2.14. The van der Waals surface area contributed by atoms with Crippen molar-refractivity contribution < 1.29 is 9.59 Å². The Hall–Kier alpha value is -1.43. The van der Waals surface area contributed by atoms with Gasteiger partial charge in [0.25, 0.3) is 5.91 Å². The first-order chi connectivity index (χ1) is 7.00. The second kappa shape index (κ2) is 4.88. The summed E-state index contributed by atoms with van der Waals surface area (Å²) in [5.74, 6) is -0.809. The van der Waals surface area contributed by atoms with Gasteiger partial charge in [-0.05, 0) is 28.1 Å². The fourth-order valence-electron chi connectivity index (χ4n) is 1.06. The molecule has 1 aromatic heterocycles. The van der Waals surface area contributed by atoms with Gasteiger partial charge < -0.3 is 10.6 Å². The summed E-state index contributed by atoms with van der Waals surface area (Å²) < 4.78 is 0.570. The number of amides is 2. The van der Waals surface area contributed by atoms with Crippen molar-refractivity contribution in [2.45, 2.75) is 0 Å². The van der Waals surface area contributed by atoms with Crippen molar-refractivity contribution in [3.63, 3.8) is 0 Å². The predicted molar refractivity (Wildman–Crippen MR) is 58.1 cm³/mol. The van der Waals surface area contributed by atoms with Gasteiger partial charge in [-0.25, -0.2) is 4.98 Å². The molecule has 5 nitrogen and oxygen atoms in total. The summed E-state index contributed by atoms with van der Waals surface area (Å²) in [6, 6.07) is 3.16. The number of hydrogen-bond acceptors (Lipinski definition) is 3. The molecule has 0 unspecified atom stereocenters. The van der Waals surface area contributed by atoms with Crippen LogP contribution in [0.4, 0.5) is 0 Å². The normalized spacial score (nSPS) is 9.73. The number of carbonyl (C=O) groups excluding carboxylic acids is 2. The summed E-state index contributed by atoms with van der Waals surface area (Å²) in [5, 5.41) is 0. The van der Waals surface area contributed by atoms with Gasteiger partial charge in [0.1, 0.15) is 4.60 Å². The third-order valence-corrected chi connectivity index (χ3v) is 2.15. The molecular weight excluding hydrogens is 262 g/mol. The van der Waals surface area contributed by atoms with Crippen LogP contribution in [0.2, 0.25) is 0 Å². The number of primary amides is 1. The molecule has 2 N–H and O–H groups in total. The molecule has 0 aliphatic heterocycles. The van der Waals surface area contributed by atoms with Crippen molar-refractivity contribution >= 4 is 27.7 Å². The molecule has 0 spiro atoms. The van der Waals surface area contributed by atoms with E-state index in [1.54, 1.807) is 12.1 Å². The molecule has 0 saturated carbocycles. The van der Waals surface area contributed by atoms with E-state index in [4.69, 9.17) is 5.73 Å². The van der Waals surface area contributed by atoms with E-state index in [1.165, 1.54) is 18.1 Å². The van der Waals surface area contributed by atoms with Crippen molar-refractivity contribution in [2.75, 3.05) is 13.6 Å². The molecule has 1 aromatic rings. The number of nitrogens with two attached hydrogens (primary N) is 1. The first-order valence-electron chi connectivity index (χ1n) is 4.16. The van der Waals surface area contributed by atoms with Crippen LogP contribution in [0.15, 0.2) is 22.9 Å². The van der Waals surface area contributed by atoms with Gasteiger partial charge in [-0.2, -0.15) is 0 Å². The van der Waals surface area contributed by atoms with Crippen LogP contribution in [0.1, 0.15) is 10.4 Å². The summed E-state index contributed by atoms with van der Waals surface area (Å²) in [5.41, 5.74) is 5.44. The number of nitrogens with zero attached hydrogens (tertiary/aromatic N) is 2. The van der Waals surface area contributed by atoms with Crippen molar-refractivity contribution in [1.29, 1.82) is 0 Å². The maximum absolute atomic E-state index is 11.7. The Bertz CT molecular complexity index is 395. The summed E-state index contributed by atoms with van der Waals surface area (Å²) in [7, 11) is 1.52. The summed E-state index contributed by atoms with van der Waals surface area (Å²) in [6.07, 6.45) is 1.51. The number of hydrogen-bond donors (Lipinski definition) is 1. The molecular formula is C9H10BrN3O2. The SMILES string of the molecule is CN(CC(N)=O)C(=O)c1ccnc(Br)c1. The van der Waals surface area contributed by atoms with Crippen LogP contribution in [-0.2, 0) is 4.79 Å². The molecule has 0 radical (unpaired) electrons. The van der Waals surface area contributed by atoms with E-state index in [9.17, 15) is 9.59 Å². The number of halogens is 1. The average molecular weight is 272 g/mol. The minimum atomic E-state index is -0.543. The molecule has 0 saturated heterocycles. The van der Waals surface area contributed by atoms with Crippen LogP contribution in [-0.4, -0.2) is 35.3 Å². The van der Waals surface area contributed by atoms with E-state index in [0.717, 1.165) is 0 Å². The van der Waals surface area contributed by atoms with Crippen LogP contribution in [0.5, 0.6) is 0 Å². The molecule has 0 aromatic carbocycles. The van der Waals surface area contributed by atoms with Crippen LogP contribution in [0, 0.1) is 0 Å². The van der Waals surface area contributed by atoms with E-state index >= 15 is 0 Å². The van der Waals surface area contributed by atoms with E-state index in [-0.39, 0.29) is 12.5 Å². The number of aromatic nitrogens is 1. The second-order valence-electron chi connectivity index (χ2n) is 2.99. The average Bonchev–Trinajstić information content (AvgIpc) is 2.15. The summed E-state index contributed by atoms with van der Waals surface area (Å²) >= 11 is 3.16. The third-order valence-electron chi connectivity index (χ3n) is 1.71. The van der Waals surface area contributed by atoms with Gasteiger partial charge in [0, 0.05) is 18.8 Å².